The molecule has 0 aromatic carbocycles. The average molecular weight is 393 g/mol. The number of rotatable bonds is 3. The van der Waals surface area contributed by atoms with Gasteiger partial charge >= 0.3 is 5.97 Å². The predicted molar refractivity (Wildman–Crippen MR) is 110 cm³/mol. The van der Waals surface area contributed by atoms with Gasteiger partial charge in [0.25, 0.3) is 6.47 Å². The number of hydrogen-bond acceptors (Lipinski definition) is 3. The summed E-state index contributed by atoms with van der Waals surface area (Å²) in [4.78, 5) is 20.5. The van der Waals surface area contributed by atoms with Gasteiger partial charge in [-0.05, 0) is 86.9 Å². The first kappa shape index (κ1) is 21.6. The van der Waals surface area contributed by atoms with E-state index in [1.165, 1.54) is 57.8 Å². The summed E-state index contributed by atoms with van der Waals surface area (Å²) in [5.41, 5.74) is 0.863. The summed E-state index contributed by atoms with van der Waals surface area (Å²) in [7, 11) is 0. The molecular weight excluding hydrogens is 352 g/mol. The molecule has 0 saturated heterocycles. The molecular formula is C24H40O4. The van der Waals surface area contributed by atoms with Gasteiger partial charge in [0.15, 0.2) is 0 Å². The van der Waals surface area contributed by atoms with Crippen molar-refractivity contribution in [1.29, 1.82) is 0 Å². The second kappa shape index (κ2) is 8.75. The van der Waals surface area contributed by atoms with Crippen molar-refractivity contribution in [2.75, 3.05) is 0 Å². The molecule has 7 atom stereocenters. The second-order valence-electron chi connectivity index (χ2n) is 10.4. The molecule has 0 aromatic heterocycles. The van der Waals surface area contributed by atoms with Crippen LogP contribution in [-0.2, 0) is 14.3 Å². The summed E-state index contributed by atoms with van der Waals surface area (Å²) in [6, 6.07) is 0. The molecule has 1 N–H and O–H groups in total. The monoisotopic (exact) mass is 392 g/mol. The van der Waals surface area contributed by atoms with Crippen molar-refractivity contribution < 1.29 is 19.4 Å². The summed E-state index contributed by atoms with van der Waals surface area (Å²) in [5, 5.41) is 6.89. The van der Waals surface area contributed by atoms with Crippen LogP contribution in [0.5, 0.6) is 0 Å². The van der Waals surface area contributed by atoms with Crippen LogP contribution < -0.4 is 0 Å². The smallest absolute Gasteiger partial charge is 0.306 e. The average Bonchev–Trinajstić information content (AvgIpc) is 2.98. The van der Waals surface area contributed by atoms with Crippen molar-refractivity contribution >= 4 is 12.4 Å². The van der Waals surface area contributed by atoms with Gasteiger partial charge in [-0.2, -0.15) is 0 Å². The first-order valence-corrected chi connectivity index (χ1v) is 11.7. The Morgan fingerprint density at radius 2 is 1.71 bits per heavy atom. The van der Waals surface area contributed by atoms with E-state index in [4.69, 9.17) is 14.6 Å². The van der Waals surface area contributed by atoms with E-state index in [9.17, 15) is 4.79 Å². The highest BCUT2D eigenvalue weighted by molar-refractivity contribution is 5.69. The van der Waals surface area contributed by atoms with Crippen LogP contribution in [-0.4, -0.2) is 23.7 Å². The van der Waals surface area contributed by atoms with Crippen LogP contribution in [0.4, 0.5) is 0 Å². The minimum Gasteiger partial charge on any atom is -0.483 e. The molecule has 4 heteroatoms. The standard InChI is InChI=1S/C23H38O2.CH2O2/c1-4-7-21(24)25-20-12-11-18-17-10-9-16-8-5-6-14-22(16,2)19(17)13-15-23(18,20)3;2-1-3/h16-20H,4-15H2,1-3H3;1H,(H,2,3). The molecule has 0 heterocycles. The fraction of sp³-hybridized carbons (Fsp3) is 0.917. The van der Waals surface area contributed by atoms with Crippen molar-refractivity contribution in [3.05, 3.63) is 0 Å². The first-order valence-electron chi connectivity index (χ1n) is 11.7. The van der Waals surface area contributed by atoms with Crippen LogP contribution in [0.25, 0.3) is 0 Å². The highest BCUT2D eigenvalue weighted by atomic mass is 16.5. The Morgan fingerprint density at radius 3 is 2.43 bits per heavy atom. The lowest BCUT2D eigenvalue weighted by atomic mass is 9.45. The van der Waals surface area contributed by atoms with Crippen LogP contribution in [0, 0.1) is 34.5 Å². The molecule has 0 bridgehead atoms. The Hall–Kier alpha value is -1.06. The van der Waals surface area contributed by atoms with Crippen LogP contribution in [0.3, 0.4) is 0 Å². The van der Waals surface area contributed by atoms with E-state index >= 15 is 0 Å². The molecule has 4 aliphatic carbocycles. The Balaban J connectivity index is 0.000000706. The highest BCUT2D eigenvalue weighted by Crippen LogP contribution is 2.66. The quantitative estimate of drug-likeness (QED) is 0.485. The zero-order chi connectivity index (χ0) is 20.4. The number of carbonyl (C=O) groups excluding carboxylic acids is 1. The van der Waals surface area contributed by atoms with Gasteiger partial charge in [-0.15, -0.1) is 0 Å². The van der Waals surface area contributed by atoms with E-state index < -0.39 is 0 Å². The Labute approximate surface area is 170 Å². The van der Waals surface area contributed by atoms with Crippen molar-refractivity contribution in [1.82, 2.24) is 0 Å². The third kappa shape index (κ3) is 3.73. The number of esters is 1. The fourth-order valence-electron chi connectivity index (χ4n) is 7.86. The largest absolute Gasteiger partial charge is 0.483 e. The minimum atomic E-state index is -0.250. The molecule has 0 aromatic rings. The molecule has 0 amide bonds. The van der Waals surface area contributed by atoms with E-state index in [1.807, 2.05) is 0 Å². The van der Waals surface area contributed by atoms with Crippen LogP contribution >= 0.6 is 0 Å². The summed E-state index contributed by atoms with van der Waals surface area (Å²) in [5.74, 6) is 3.67. The molecule has 4 rings (SSSR count). The van der Waals surface area contributed by atoms with Crippen molar-refractivity contribution in [3.8, 4) is 0 Å². The Morgan fingerprint density at radius 1 is 1.00 bits per heavy atom. The maximum absolute atomic E-state index is 12.1. The van der Waals surface area contributed by atoms with Gasteiger partial charge in [-0.25, -0.2) is 0 Å². The summed E-state index contributed by atoms with van der Waals surface area (Å²) < 4.78 is 6.00. The topological polar surface area (TPSA) is 63.6 Å². The zero-order valence-electron chi connectivity index (χ0n) is 18.1. The van der Waals surface area contributed by atoms with Gasteiger partial charge in [0, 0.05) is 11.8 Å². The number of carbonyl (C=O) groups is 2. The third-order valence-corrected chi connectivity index (χ3v) is 9.22. The van der Waals surface area contributed by atoms with Gasteiger partial charge in [0.2, 0.25) is 0 Å². The van der Waals surface area contributed by atoms with E-state index in [0.717, 1.165) is 36.5 Å². The number of carboxylic acid groups (broad SMARTS) is 1. The molecule has 0 radical (unpaired) electrons. The molecule has 7 unspecified atom stereocenters. The molecule has 0 spiro atoms. The van der Waals surface area contributed by atoms with E-state index in [1.54, 1.807) is 0 Å². The lowest BCUT2D eigenvalue weighted by Crippen LogP contribution is -2.53. The van der Waals surface area contributed by atoms with Gasteiger partial charge in [0.1, 0.15) is 6.10 Å². The van der Waals surface area contributed by atoms with Gasteiger partial charge < -0.3 is 9.84 Å². The second-order valence-corrected chi connectivity index (χ2v) is 10.4. The summed E-state index contributed by atoms with van der Waals surface area (Å²) >= 11 is 0. The number of ether oxygens (including phenoxy) is 1. The highest BCUT2D eigenvalue weighted by Gasteiger charge is 2.60. The van der Waals surface area contributed by atoms with Gasteiger partial charge in [-0.3, -0.25) is 9.59 Å². The van der Waals surface area contributed by atoms with Crippen LogP contribution in [0.15, 0.2) is 0 Å². The SMILES string of the molecule is CCCC(=O)OC1CCC2C3CCC4CCCCC4(C)C3CCC12C.O=CO. The third-order valence-electron chi connectivity index (χ3n) is 9.22. The molecule has 4 aliphatic rings. The minimum absolute atomic E-state index is 0.0412. The lowest BCUT2D eigenvalue weighted by molar-refractivity contribution is -0.163. The molecule has 160 valence electrons. The van der Waals surface area contributed by atoms with E-state index in [0.29, 0.717) is 11.8 Å². The molecule has 4 fully saturated rings. The van der Waals surface area contributed by atoms with E-state index in [2.05, 4.69) is 20.8 Å². The molecule has 4 nitrogen and oxygen atoms in total. The van der Waals surface area contributed by atoms with Gasteiger partial charge in [0.05, 0.1) is 0 Å². The number of hydrogen-bond donors (Lipinski definition) is 1. The Kier molecular flexibility index (Phi) is 6.76. The predicted octanol–water partition coefficient (Wildman–Crippen LogP) is 5.83. The van der Waals surface area contributed by atoms with Crippen molar-refractivity contribution in [3.63, 3.8) is 0 Å². The normalized spacial score (nSPS) is 44.2. The fourth-order valence-corrected chi connectivity index (χ4v) is 7.86. The Bertz CT molecular complexity index is 561. The molecule has 28 heavy (non-hydrogen) atoms. The summed E-state index contributed by atoms with van der Waals surface area (Å²) in [6.07, 6.45) is 15.5. The lowest BCUT2D eigenvalue weighted by Gasteiger charge is -2.60. The van der Waals surface area contributed by atoms with E-state index in [-0.39, 0.29) is 24.0 Å². The van der Waals surface area contributed by atoms with Crippen LogP contribution in [0.1, 0.15) is 97.8 Å². The maximum Gasteiger partial charge on any atom is 0.306 e. The molecule has 0 aliphatic heterocycles. The van der Waals surface area contributed by atoms with Gasteiger partial charge in [-0.1, -0.05) is 33.6 Å². The van der Waals surface area contributed by atoms with Crippen LogP contribution in [0.2, 0.25) is 0 Å². The maximum atomic E-state index is 12.1. The van der Waals surface area contributed by atoms with Crippen molar-refractivity contribution in [2.45, 2.75) is 104 Å². The first-order chi connectivity index (χ1) is 13.4. The number of fused-ring (bicyclic) bond motifs is 5. The summed E-state index contributed by atoms with van der Waals surface area (Å²) in [6.45, 7) is 6.92. The molecule has 4 saturated carbocycles. The van der Waals surface area contributed by atoms with Crippen molar-refractivity contribution in [2.24, 2.45) is 34.5 Å². The zero-order valence-corrected chi connectivity index (χ0v) is 18.1.